The lowest BCUT2D eigenvalue weighted by molar-refractivity contribution is 0.0636. The van der Waals surface area contributed by atoms with Crippen molar-refractivity contribution in [2.45, 2.75) is 31.3 Å². The number of carbonyl (C=O) groups excluding carboxylic acids is 1. The number of carbonyl (C=O) groups is 1. The van der Waals surface area contributed by atoms with Gasteiger partial charge in [-0.2, -0.15) is 0 Å². The largest absolute Gasteiger partial charge is 0.507 e. The van der Waals surface area contributed by atoms with Gasteiger partial charge in [0.1, 0.15) is 11.4 Å². The van der Waals surface area contributed by atoms with E-state index < -0.39 is 11.7 Å². The quantitative estimate of drug-likeness (QED) is 0.523. The minimum Gasteiger partial charge on any atom is -0.507 e. The Morgan fingerprint density at radius 1 is 1.44 bits per heavy atom. The van der Waals surface area contributed by atoms with Crippen LogP contribution in [0.1, 0.15) is 20.8 Å². The Morgan fingerprint density at radius 3 is 2.56 bits per heavy atom. The summed E-state index contributed by atoms with van der Waals surface area (Å²) >= 11 is 4.03. The molecule has 0 unspecified atom stereocenters. The Morgan fingerprint density at radius 2 is 2.06 bits per heavy atom. The average Bonchev–Trinajstić information content (AvgIpc) is 2.08. The third-order valence-corrected chi connectivity index (χ3v) is 1.98. The van der Waals surface area contributed by atoms with Gasteiger partial charge in [0.05, 0.1) is 0 Å². The Labute approximate surface area is 100 Å². The molecule has 4 nitrogen and oxygen atoms in total. The van der Waals surface area contributed by atoms with Crippen LogP contribution in [0.4, 0.5) is 10.5 Å². The second-order valence-corrected chi connectivity index (χ2v) is 4.81. The molecule has 0 aromatic heterocycles. The molecule has 0 fully saturated rings. The van der Waals surface area contributed by atoms with Gasteiger partial charge in [0.15, 0.2) is 0 Å². The van der Waals surface area contributed by atoms with Gasteiger partial charge in [0.25, 0.3) is 0 Å². The number of thiol groups is 1. The van der Waals surface area contributed by atoms with Crippen molar-refractivity contribution in [2.24, 2.45) is 0 Å². The molecular weight excluding hydrogens is 226 g/mol. The minimum atomic E-state index is -0.537. The topological polar surface area (TPSA) is 58.6 Å². The highest BCUT2D eigenvalue weighted by molar-refractivity contribution is 7.80. The summed E-state index contributed by atoms with van der Waals surface area (Å²) in [5.74, 6) is 0.0677. The highest BCUT2D eigenvalue weighted by Crippen LogP contribution is 2.24. The fourth-order valence-corrected chi connectivity index (χ4v) is 1.24. The molecule has 1 amide bonds. The summed E-state index contributed by atoms with van der Waals surface area (Å²) in [7, 11) is 0. The number of phenols is 1. The molecule has 0 spiro atoms. The first kappa shape index (κ1) is 12.7. The van der Waals surface area contributed by atoms with Crippen LogP contribution in [0.3, 0.4) is 0 Å². The molecule has 1 aromatic rings. The van der Waals surface area contributed by atoms with E-state index >= 15 is 0 Å². The summed E-state index contributed by atoms with van der Waals surface area (Å²) in [6, 6.07) is 4.57. The van der Waals surface area contributed by atoms with Gasteiger partial charge in [-0.1, -0.05) is 0 Å². The number of anilines is 1. The van der Waals surface area contributed by atoms with Crippen molar-refractivity contribution in [3.63, 3.8) is 0 Å². The molecule has 0 saturated carbocycles. The summed E-state index contributed by atoms with van der Waals surface area (Å²) in [6.45, 7) is 5.36. The lowest BCUT2D eigenvalue weighted by Gasteiger charge is -2.19. The van der Waals surface area contributed by atoms with E-state index in [4.69, 9.17) is 4.74 Å². The first-order valence-corrected chi connectivity index (χ1v) is 5.24. The zero-order chi connectivity index (χ0) is 12.3. The summed E-state index contributed by atoms with van der Waals surface area (Å²) in [6.07, 6.45) is -0.536. The van der Waals surface area contributed by atoms with Gasteiger partial charge in [0.2, 0.25) is 0 Å². The van der Waals surface area contributed by atoms with Gasteiger partial charge in [-0.05, 0) is 39.0 Å². The molecule has 0 saturated heterocycles. The van der Waals surface area contributed by atoms with Crippen LogP contribution in [0.2, 0.25) is 0 Å². The highest BCUT2D eigenvalue weighted by atomic mass is 32.1. The van der Waals surface area contributed by atoms with Gasteiger partial charge in [0, 0.05) is 10.6 Å². The Bertz CT molecular complexity index is 399. The first-order chi connectivity index (χ1) is 7.28. The third-order valence-electron chi connectivity index (χ3n) is 1.62. The number of hydrogen-bond acceptors (Lipinski definition) is 4. The molecule has 1 aromatic carbocycles. The molecule has 16 heavy (non-hydrogen) atoms. The maximum Gasteiger partial charge on any atom is 0.412 e. The van der Waals surface area contributed by atoms with Crippen molar-refractivity contribution >= 4 is 24.4 Å². The first-order valence-electron chi connectivity index (χ1n) is 4.80. The van der Waals surface area contributed by atoms with Crippen molar-refractivity contribution in [3.8, 4) is 5.75 Å². The number of hydrogen-bond donors (Lipinski definition) is 3. The van der Waals surface area contributed by atoms with E-state index in [1.54, 1.807) is 32.9 Å². The van der Waals surface area contributed by atoms with Gasteiger partial charge in [-0.25, -0.2) is 4.79 Å². The fraction of sp³-hybridized carbons (Fsp3) is 0.364. The van der Waals surface area contributed by atoms with Gasteiger partial charge < -0.3 is 9.84 Å². The predicted molar refractivity (Wildman–Crippen MR) is 65.2 cm³/mol. The van der Waals surface area contributed by atoms with Crippen LogP contribution < -0.4 is 5.32 Å². The van der Waals surface area contributed by atoms with Crippen molar-refractivity contribution in [3.05, 3.63) is 18.2 Å². The molecule has 1 rings (SSSR count). The van der Waals surface area contributed by atoms with Crippen LogP contribution in [0.25, 0.3) is 0 Å². The second kappa shape index (κ2) is 4.65. The van der Waals surface area contributed by atoms with E-state index in [1.165, 1.54) is 6.07 Å². The normalized spacial score (nSPS) is 11.0. The molecular formula is C11H15NO3S. The zero-order valence-corrected chi connectivity index (χ0v) is 10.3. The third kappa shape index (κ3) is 4.02. The van der Waals surface area contributed by atoms with E-state index in [0.29, 0.717) is 10.6 Å². The summed E-state index contributed by atoms with van der Waals surface area (Å²) in [4.78, 5) is 11.8. The number of rotatable bonds is 1. The van der Waals surface area contributed by atoms with Crippen molar-refractivity contribution in [1.29, 1.82) is 0 Å². The molecule has 0 bridgehead atoms. The molecule has 0 aliphatic heterocycles. The lowest BCUT2D eigenvalue weighted by atomic mass is 10.2. The number of ether oxygens (including phenoxy) is 1. The number of aromatic hydroxyl groups is 1. The molecule has 2 N–H and O–H groups in total. The van der Waals surface area contributed by atoms with Crippen LogP contribution in [0.15, 0.2) is 23.1 Å². The maximum atomic E-state index is 11.4. The van der Waals surface area contributed by atoms with E-state index in [2.05, 4.69) is 17.9 Å². The predicted octanol–water partition coefficient (Wildman–Crippen LogP) is 3.03. The Kier molecular flexibility index (Phi) is 3.70. The van der Waals surface area contributed by atoms with E-state index in [-0.39, 0.29) is 5.75 Å². The van der Waals surface area contributed by atoms with E-state index in [1.807, 2.05) is 0 Å². The summed E-state index contributed by atoms with van der Waals surface area (Å²) in [5.41, 5.74) is -0.0119. The van der Waals surface area contributed by atoms with Crippen LogP contribution in [0, 0.1) is 0 Å². The number of benzene rings is 1. The molecule has 0 radical (unpaired) electrons. The minimum absolute atomic E-state index is 0.0677. The van der Waals surface area contributed by atoms with Crippen LogP contribution in [-0.2, 0) is 4.74 Å². The Balaban J connectivity index is 2.67. The fourth-order valence-electron chi connectivity index (χ4n) is 1.02. The van der Waals surface area contributed by atoms with Gasteiger partial charge in [-0.15, -0.1) is 12.6 Å². The van der Waals surface area contributed by atoms with Gasteiger partial charge >= 0.3 is 6.09 Å². The number of amides is 1. The maximum absolute atomic E-state index is 11.4. The monoisotopic (exact) mass is 241 g/mol. The Hall–Kier alpha value is -1.36. The smallest absolute Gasteiger partial charge is 0.412 e. The standard InChI is InChI=1S/C11H15NO3S/c1-11(2,3)15-10(14)12-7-4-5-8(13)9(16)6-7/h4-6,13,16H,1-3H3,(H,12,14). The van der Waals surface area contributed by atoms with Crippen LogP contribution in [-0.4, -0.2) is 16.8 Å². The molecule has 0 aliphatic rings. The molecule has 0 aliphatic carbocycles. The van der Waals surface area contributed by atoms with Crippen molar-refractivity contribution < 1.29 is 14.6 Å². The van der Waals surface area contributed by atoms with Crippen molar-refractivity contribution in [2.75, 3.05) is 5.32 Å². The highest BCUT2D eigenvalue weighted by Gasteiger charge is 2.16. The summed E-state index contributed by atoms with van der Waals surface area (Å²) < 4.78 is 5.07. The molecule has 0 atom stereocenters. The molecule has 5 heteroatoms. The van der Waals surface area contributed by atoms with E-state index in [9.17, 15) is 9.90 Å². The molecule has 88 valence electrons. The lowest BCUT2D eigenvalue weighted by Crippen LogP contribution is -2.27. The number of nitrogens with one attached hydrogen (secondary N) is 1. The number of phenolic OH excluding ortho intramolecular Hbond substituents is 1. The molecule has 0 heterocycles. The van der Waals surface area contributed by atoms with E-state index in [0.717, 1.165) is 0 Å². The second-order valence-electron chi connectivity index (χ2n) is 4.33. The summed E-state index contributed by atoms with van der Waals surface area (Å²) in [5, 5.41) is 11.8. The zero-order valence-electron chi connectivity index (χ0n) is 9.44. The van der Waals surface area contributed by atoms with Crippen molar-refractivity contribution in [1.82, 2.24) is 0 Å². The SMILES string of the molecule is CC(C)(C)OC(=O)Nc1ccc(O)c(S)c1. The van der Waals surface area contributed by atoms with Crippen LogP contribution >= 0.6 is 12.6 Å². The average molecular weight is 241 g/mol. The van der Waals surface area contributed by atoms with Crippen LogP contribution in [0.5, 0.6) is 5.75 Å². The van der Waals surface area contributed by atoms with Gasteiger partial charge in [-0.3, -0.25) is 5.32 Å².